The number of nitrogens with one attached hydrogen (secondary N) is 2. The third-order valence-corrected chi connectivity index (χ3v) is 4.33. The molecule has 2 aromatic rings. The van der Waals surface area contributed by atoms with Crippen LogP contribution >= 0.6 is 0 Å². The van der Waals surface area contributed by atoms with Crippen LogP contribution in [0.5, 0.6) is 0 Å². The quantitative estimate of drug-likeness (QED) is 0.851. The predicted molar refractivity (Wildman–Crippen MR) is 97.2 cm³/mol. The smallest absolute Gasteiger partial charge is 0.319 e. The highest BCUT2D eigenvalue weighted by molar-refractivity contribution is 5.74. The van der Waals surface area contributed by atoms with Gasteiger partial charge in [-0.25, -0.2) is 14.0 Å². The first-order valence-electron chi connectivity index (χ1n) is 8.71. The molecule has 0 saturated carbocycles. The van der Waals surface area contributed by atoms with Crippen LogP contribution in [0, 0.1) is 5.82 Å². The van der Waals surface area contributed by atoms with E-state index in [1.807, 2.05) is 10.7 Å². The molecule has 0 unspecified atom stereocenters. The summed E-state index contributed by atoms with van der Waals surface area (Å²) in [5.41, 5.74) is 2.07. The minimum atomic E-state index is -0.395. The Kier molecular flexibility index (Phi) is 5.58. The fraction of sp³-hybridized carbons (Fsp3) is 0.389. The van der Waals surface area contributed by atoms with Gasteiger partial charge in [0.1, 0.15) is 5.82 Å². The van der Waals surface area contributed by atoms with Crippen LogP contribution in [0.4, 0.5) is 14.0 Å². The number of hydrogen-bond acceptors (Lipinski definition) is 3. The fourth-order valence-corrected chi connectivity index (χ4v) is 2.91. The second-order valence-electron chi connectivity index (χ2n) is 6.58. The zero-order chi connectivity index (χ0) is 19.4. The van der Waals surface area contributed by atoms with Gasteiger partial charge in [-0.05, 0) is 12.1 Å². The molecule has 1 aromatic carbocycles. The molecule has 0 fully saturated rings. The largest absolute Gasteiger partial charge is 0.334 e. The number of fused-ring (bicyclic) bond motifs is 1. The zero-order valence-corrected chi connectivity index (χ0v) is 15.4. The summed E-state index contributed by atoms with van der Waals surface area (Å²) in [6.45, 7) is 2.07. The number of hydrogen-bond donors (Lipinski definition) is 2. The first kappa shape index (κ1) is 18.7. The van der Waals surface area contributed by atoms with Crippen LogP contribution in [0.2, 0.25) is 0 Å². The molecule has 0 atom stereocenters. The standard InChI is InChI=1S/C18H23FN6O2/c1-23(2)18(27)24-7-8-25-15(12-24)9-14(22-25)11-21-17(26)20-10-13-5-3-4-6-16(13)19/h3-6,9H,7-8,10-12H2,1-2H3,(H2,20,21,26). The normalized spacial score (nSPS) is 13.1. The van der Waals surface area contributed by atoms with E-state index in [1.165, 1.54) is 6.07 Å². The Morgan fingerprint density at radius 1 is 1.19 bits per heavy atom. The molecule has 0 bridgehead atoms. The number of nitrogens with zero attached hydrogens (tertiary/aromatic N) is 4. The number of carbonyl (C=O) groups is 2. The number of amides is 4. The van der Waals surface area contributed by atoms with Crippen molar-refractivity contribution in [3.8, 4) is 0 Å². The van der Waals surface area contributed by atoms with Gasteiger partial charge in [-0.3, -0.25) is 4.68 Å². The maximum Gasteiger partial charge on any atom is 0.319 e. The summed E-state index contributed by atoms with van der Waals surface area (Å²) in [5, 5.41) is 9.79. The van der Waals surface area contributed by atoms with Crippen LogP contribution in [0.25, 0.3) is 0 Å². The van der Waals surface area contributed by atoms with Gasteiger partial charge in [0.15, 0.2) is 0 Å². The summed E-state index contributed by atoms with van der Waals surface area (Å²) in [6, 6.07) is 7.76. The van der Waals surface area contributed by atoms with E-state index in [1.54, 1.807) is 42.1 Å². The number of benzene rings is 1. The van der Waals surface area contributed by atoms with Crippen molar-refractivity contribution in [1.29, 1.82) is 0 Å². The third-order valence-electron chi connectivity index (χ3n) is 4.33. The molecule has 2 N–H and O–H groups in total. The molecule has 0 saturated heterocycles. The zero-order valence-electron chi connectivity index (χ0n) is 15.4. The van der Waals surface area contributed by atoms with Crippen molar-refractivity contribution in [1.82, 2.24) is 30.2 Å². The Bertz CT molecular complexity index is 835. The minimum absolute atomic E-state index is 0.0327. The summed E-state index contributed by atoms with van der Waals surface area (Å²) < 4.78 is 15.4. The number of aromatic nitrogens is 2. The minimum Gasteiger partial charge on any atom is -0.334 e. The highest BCUT2D eigenvalue weighted by Crippen LogP contribution is 2.14. The molecule has 9 heteroatoms. The van der Waals surface area contributed by atoms with Crippen molar-refractivity contribution in [3.63, 3.8) is 0 Å². The number of carbonyl (C=O) groups excluding carboxylic acids is 2. The predicted octanol–water partition coefficient (Wildman–Crippen LogP) is 1.52. The van der Waals surface area contributed by atoms with Gasteiger partial charge >= 0.3 is 12.1 Å². The lowest BCUT2D eigenvalue weighted by atomic mass is 10.2. The average Bonchev–Trinajstić information content (AvgIpc) is 3.07. The summed E-state index contributed by atoms with van der Waals surface area (Å²) in [5.74, 6) is -0.351. The second-order valence-corrected chi connectivity index (χ2v) is 6.58. The molecular weight excluding hydrogens is 351 g/mol. The first-order valence-corrected chi connectivity index (χ1v) is 8.71. The van der Waals surface area contributed by atoms with Gasteiger partial charge in [0.2, 0.25) is 0 Å². The molecule has 2 heterocycles. The van der Waals surface area contributed by atoms with Crippen molar-refractivity contribution < 1.29 is 14.0 Å². The van der Waals surface area contributed by atoms with Crippen molar-refractivity contribution in [3.05, 3.63) is 53.1 Å². The van der Waals surface area contributed by atoms with Crippen LogP contribution in [0.1, 0.15) is 17.0 Å². The van der Waals surface area contributed by atoms with E-state index in [2.05, 4.69) is 15.7 Å². The van der Waals surface area contributed by atoms with Gasteiger partial charge in [0, 0.05) is 32.7 Å². The van der Waals surface area contributed by atoms with E-state index in [0.29, 0.717) is 30.9 Å². The summed E-state index contributed by atoms with van der Waals surface area (Å²) in [7, 11) is 3.45. The number of urea groups is 2. The fourth-order valence-electron chi connectivity index (χ4n) is 2.91. The molecule has 8 nitrogen and oxygen atoms in total. The molecule has 1 aliphatic rings. The topological polar surface area (TPSA) is 82.5 Å². The molecule has 144 valence electrons. The Balaban J connectivity index is 1.50. The molecule has 1 aromatic heterocycles. The van der Waals surface area contributed by atoms with Crippen LogP contribution in [0.15, 0.2) is 30.3 Å². The van der Waals surface area contributed by atoms with Gasteiger partial charge in [0.05, 0.1) is 31.0 Å². The van der Waals surface area contributed by atoms with Gasteiger partial charge in [-0.2, -0.15) is 5.10 Å². The van der Waals surface area contributed by atoms with Gasteiger partial charge in [-0.1, -0.05) is 18.2 Å². The van der Waals surface area contributed by atoms with Gasteiger partial charge in [-0.15, -0.1) is 0 Å². The molecule has 27 heavy (non-hydrogen) atoms. The highest BCUT2D eigenvalue weighted by Gasteiger charge is 2.23. The maximum absolute atomic E-state index is 13.5. The van der Waals surface area contributed by atoms with Crippen molar-refractivity contribution in [2.75, 3.05) is 20.6 Å². The molecule has 0 aliphatic carbocycles. The second kappa shape index (κ2) is 8.07. The maximum atomic E-state index is 13.5. The Morgan fingerprint density at radius 2 is 1.93 bits per heavy atom. The van der Waals surface area contributed by atoms with E-state index in [-0.39, 0.29) is 24.9 Å². The molecule has 4 amide bonds. The molecule has 0 radical (unpaired) electrons. The monoisotopic (exact) mass is 374 g/mol. The number of halogens is 1. The van der Waals surface area contributed by atoms with Crippen LogP contribution in [0.3, 0.4) is 0 Å². The van der Waals surface area contributed by atoms with E-state index >= 15 is 0 Å². The molecule has 3 rings (SSSR count). The Labute approximate surface area is 156 Å². The Morgan fingerprint density at radius 3 is 2.67 bits per heavy atom. The summed E-state index contributed by atoms with van der Waals surface area (Å²) >= 11 is 0. The summed E-state index contributed by atoms with van der Waals surface area (Å²) in [6.07, 6.45) is 0. The third kappa shape index (κ3) is 4.55. The Hall–Kier alpha value is -3.10. The molecular formula is C18H23FN6O2. The van der Waals surface area contributed by atoms with Crippen molar-refractivity contribution >= 4 is 12.1 Å². The lowest BCUT2D eigenvalue weighted by molar-refractivity contribution is 0.155. The van der Waals surface area contributed by atoms with Crippen LogP contribution in [-0.4, -0.2) is 52.3 Å². The summed E-state index contributed by atoms with van der Waals surface area (Å²) in [4.78, 5) is 27.3. The lowest BCUT2D eigenvalue weighted by Gasteiger charge is -2.29. The van der Waals surface area contributed by atoms with Crippen LogP contribution in [-0.2, 0) is 26.2 Å². The highest BCUT2D eigenvalue weighted by atomic mass is 19.1. The SMILES string of the molecule is CN(C)C(=O)N1CCn2nc(CNC(=O)NCc3ccccc3F)cc2C1. The molecule has 0 spiro atoms. The van der Waals surface area contributed by atoms with Crippen molar-refractivity contribution in [2.24, 2.45) is 0 Å². The van der Waals surface area contributed by atoms with E-state index in [0.717, 1.165) is 5.69 Å². The van der Waals surface area contributed by atoms with Gasteiger partial charge in [0.25, 0.3) is 0 Å². The van der Waals surface area contributed by atoms with Crippen molar-refractivity contribution in [2.45, 2.75) is 26.2 Å². The van der Waals surface area contributed by atoms with Crippen LogP contribution < -0.4 is 10.6 Å². The first-order chi connectivity index (χ1) is 12.9. The number of rotatable bonds is 4. The van der Waals surface area contributed by atoms with E-state index in [9.17, 15) is 14.0 Å². The van der Waals surface area contributed by atoms with E-state index < -0.39 is 6.03 Å². The van der Waals surface area contributed by atoms with E-state index in [4.69, 9.17) is 0 Å². The molecule has 1 aliphatic heterocycles. The lowest BCUT2D eigenvalue weighted by Crippen LogP contribution is -2.43. The average molecular weight is 374 g/mol. The van der Waals surface area contributed by atoms with Gasteiger partial charge < -0.3 is 20.4 Å².